The molecule has 2 aromatic heterocycles. The van der Waals surface area contributed by atoms with Gasteiger partial charge in [0.15, 0.2) is 0 Å². The first kappa shape index (κ1) is 23.1. The van der Waals surface area contributed by atoms with Crippen molar-refractivity contribution in [2.45, 2.75) is 39.2 Å². The smallest absolute Gasteiger partial charge is 0.0487 e. The van der Waals surface area contributed by atoms with Crippen LogP contribution in [0.5, 0.6) is 0 Å². The van der Waals surface area contributed by atoms with Crippen molar-refractivity contribution in [3.63, 3.8) is 0 Å². The average molecular weight is 441 g/mol. The second kappa shape index (κ2) is 11.2. The summed E-state index contributed by atoms with van der Waals surface area (Å²) >= 11 is 0. The van der Waals surface area contributed by atoms with Gasteiger partial charge in [-0.3, -0.25) is 4.98 Å². The molecule has 33 heavy (non-hydrogen) atoms. The van der Waals surface area contributed by atoms with Crippen LogP contribution in [0.1, 0.15) is 37.4 Å². The molecule has 4 rings (SSSR count). The van der Waals surface area contributed by atoms with Gasteiger partial charge in [0, 0.05) is 66.3 Å². The summed E-state index contributed by atoms with van der Waals surface area (Å²) in [6.07, 6.45) is 13.0. The Balaban J connectivity index is 1.35. The van der Waals surface area contributed by atoms with Crippen molar-refractivity contribution in [2.75, 3.05) is 26.7 Å². The summed E-state index contributed by atoms with van der Waals surface area (Å²) in [6.45, 7) is 10.5. The highest BCUT2D eigenvalue weighted by molar-refractivity contribution is 5.92. The number of pyridine rings is 1. The Morgan fingerprint density at radius 1 is 1.15 bits per heavy atom. The third kappa shape index (κ3) is 6.02. The lowest BCUT2D eigenvalue weighted by Gasteiger charge is -2.16. The van der Waals surface area contributed by atoms with Gasteiger partial charge in [-0.1, -0.05) is 48.6 Å². The van der Waals surface area contributed by atoms with E-state index in [0.717, 1.165) is 63.3 Å². The first-order valence-electron chi connectivity index (χ1n) is 12.1. The number of benzene rings is 1. The van der Waals surface area contributed by atoms with Crippen LogP contribution in [-0.2, 0) is 13.0 Å². The van der Waals surface area contributed by atoms with Gasteiger partial charge >= 0.3 is 0 Å². The molecule has 0 bridgehead atoms. The van der Waals surface area contributed by atoms with Gasteiger partial charge in [-0.05, 0) is 63.6 Å². The fourth-order valence-corrected chi connectivity index (χ4v) is 4.52. The zero-order chi connectivity index (χ0) is 23.0. The third-order valence-corrected chi connectivity index (χ3v) is 6.58. The molecule has 0 spiro atoms. The van der Waals surface area contributed by atoms with E-state index in [1.54, 1.807) is 0 Å². The minimum Gasteiger partial charge on any atom is -0.381 e. The lowest BCUT2D eigenvalue weighted by molar-refractivity contribution is 0.325. The Morgan fingerprint density at radius 2 is 2.00 bits per heavy atom. The molecule has 0 saturated carbocycles. The van der Waals surface area contributed by atoms with Gasteiger partial charge in [0.25, 0.3) is 0 Å². The van der Waals surface area contributed by atoms with Gasteiger partial charge < -0.3 is 14.8 Å². The third-order valence-electron chi connectivity index (χ3n) is 6.58. The van der Waals surface area contributed by atoms with Crippen LogP contribution in [0, 0.1) is 0 Å². The molecule has 1 aliphatic rings. The molecule has 1 aromatic carbocycles. The normalized spacial score (nSPS) is 13.8. The number of aryl methyl sites for hydroxylation is 1. The quantitative estimate of drug-likeness (QED) is 0.407. The maximum Gasteiger partial charge on any atom is 0.0487 e. The molecule has 0 saturated heterocycles. The van der Waals surface area contributed by atoms with Crippen molar-refractivity contribution < 1.29 is 0 Å². The largest absolute Gasteiger partial charge is 0.381 e. The van der Waals surface area contributed by atoms with Crippen molar-refractivity contribution in [2.24, 2.45) is 0 Å². The zero-order valence-electron chi connectivity index (χ0n) is 20.1. The number of hydrogen-bond donors (Lipinski definition) is 1. The minimum atomic E-state index is 0.871. The van der Waals surface area contributed by atoms with Gasteiger partial charge in [-0.15, -0.1) is 0 Å². The van der Waals surface area contributed by atoms with Crippen LogP contribution in [0.15, 0.2) is 84.7 Å². The molecule has 4 nitrogen and oxygen atoms in total. The maximum atomic E-state index is 4.43. The molecule has 4 heteroatoms. The highest BCUT2D eigenvalue weighted by Gasteiger charge is 2.12. The second-order valence-corrected chi connectivity index (χ2v) is 9.04. The van der Waals surface area contributed by atoms with E-state index in [-0.39, 0.29) is 0 Å². The predicted molar refractivity (Wildman–Crippen MR) is 140 cm³/mol. The summed E-state index contributed by atoms with van der Waals surface area (Å²) in [5.41, 5.74) is 7.52. The Labute approximate surface area is 198 Å². The van der Waals surface area contributed by atoms with Gasteiger partial charge in [0.05, 0.1) is 0 Å². The van der Waals surface area contributed by atoms with Crippen LogP contribution >= 0.6 is 0 Å². The van der Waals surface area contributed by atoms with E-state index in [9.17, 15) is 0 Å². The van der Waals surface area contributed by atoms with Crippen LogP contribution < -0.4 is 5.32 Å². The monoisotopic (exact) mass is 440 g/mol. The highest BCUT2D eigenvalue weighted by Crippen LogP contribution is 2.26. The molecule has 0 fully saturated rings. The molecule has 2 heterocycles. The van der Waals surface area contributed by atoms with E-state index in [1.165, 1.54) is 27.6 Å². The number of likely N-dealkylation sites (N-methyl/N-ethyl adjacent to an activating group) is 1. The Morgan fingerprint density at radius 3 is 2.82 bits per heavy atom. The van der Waals surface area contributed by atoms with Gasteiger partial charge in [0.2, 0.25) is 0 Å². The molecule has 0 unspecified atom stereocenters. The summed E-state index contributed by atoms with van der Waals surface area (Å²) in [4.78, 5) is 6.83. The topological polar surface area (TPSA) is 33.1 Å². The van der Waals surface area contributed by atoms with Crippen molar-refractivity contribution in [1.29, 1.82) is 0 Å². The summed E-state index contributed by atoms with van der Waals surface area (Å²) in [5, 5.41) is 4.87. The van der Waals surface area contributed by atoms with Crippen LogP contribution in [0.2, 0.25) is 0 Å². The van der Waals surface area contributed by atoms with Gasteiger partial charge in [-0.2, -0.15) is 0 Å². The fraction of sp³-hybridized carbons (Fsp3) is 0.345. The average Bonchev–Trinajstić information content (AvgIpc) is 3.21. The van der Waals surface area contributed by atoms with Crippen LogP contribution in [-0.4, -0.2) is 41.1 Å². The molecule has 172 valence electrons. The van der Waals surface area contributed by atoms with Gasteiger partial charge in [-0.25, -0.2) is 0 Å². The number of rotatable bonds is 11. The number of para-hydroxylation sites is 1. The summed E-state index contributed by atoms with van der Waals surface area (Å²) < 4.78 is 2.39. The standard InChI is InChI=1S/C29H36N4/c1-23-11-4-5-12-25(23)21-31-24(2)28-22-33(29-15-7-6-14-27(28)29)19-10-18-32(3)20-16-26-13-8-9-17-30-26/h4,6-9,11,13-15,17,22,31H,2,5,10,12,16,18-21H2,1,3H3. The summed E-state index contributed by atoms with van der Waals surface area (Å²) in [5.74, 6) is 0. The molecule has 1 aliphatic carbocycles. The van der Waals surface area contributed by atoms with E-state index < -0.39 is 0 Å². The van der Waals surface area contributed by atoms with Crippen LogP contribution in [0.3, 0.4) is 0 Å². The molecule has 0 amide bonds. The number of allylic oxidation sites excluding steroid dienone is 3. The SMILES string of the molecule is C=C(NCC1=C(C)C=CCC1)c1cn(CCCN(C)CCc2ccccn2)c2ccccc12. The zero-order valence-corrected chi connectivity index (χ0v) is 20.1. The van der Waals surface area contributed by atoms with E-state index in [2.05, 4.69) is 95.1 Å². The van der Waals surface area contributed by atoms with E-state index in [0.29, 0.717) is 0 Å². The molecular weight excluding hydrogens is 404 g/mol. The Kier molecular flexibility index (Phi) is 7.79. The van der Waals surface area contributed by atoms with Gasteiger partial charge in [0.1, 0.15) is 0 Å². The molecular formula is C29H36N4. The van der Waals surface area contributed by atoms with E-state index >= 15 is 0 Å². The number of nitrogens with one attached hydrogen (secondary N) is 1. The first-order chi connectivity index (χ1) is 16.1. The maximum absolute atomic E-state index is 4.43. The number of aromatic nitrogens is 2. The summed E-state index contributed by atoms with van der Waals surface area (Å²) in [6, 6.07) is 14.8. The first-order valence-corrected chi connectivity index (χ1v) is 12.1. The fourth-order valence-electron chi connectivity index (χ4n) is 4.52. The Bertz CT molecular complexity index is 1140. The minimum absolute atomic E-state index is 0.871. The lowest BCUT2D eigenvalue weighted by Crippen LogP contribution is -2.23. The molecule has 3 aromatic rings. The van der Waals surface area contributed by atoms with Crippen LogP contribution in [0.25, 0.3) is 16.6 Å². The van der Waals surface area contributed by atoms with E-state index in [1.807, 2.05) is 12.3 Å². The highest BCUT2D eigenvalue weighted by atomic mass is 15.1. The number of fused-ring (bicyclic) bond motifs is 1. The molecule has 0 atom stereocenters. The van der Waals surface area contributed by atoms with Crippen molar-refractivity contribution in [3.8, 4) is 0 Å². The Hall–Kier alpha value is -3.11. The lowest BCUT2D eigenvalue weighted by atomic mass is 9.98. The van der Waals surface area contributed by atoms with Crippen LogP contribution in [0.4, 0.5) is 0 Å². The predicted octanol–water partition coefficient (Wildman–Crippen LogP) is 5.83. The van der Waals surface area contributed by atoms with Crippen molar-refractivity contribution >= 4 is 16.6 Å². The number of nitrogens with zero attached hydrogens (tertiary/aromatic N) is 3. The number of hydrogen-bond acceptors (Lipinski definition) is 3. The molecule has 1 N–H and O–H groups in total. The molecule has 0 radical (unpaired) electrons. The summed E-state index contributed by atoms with van der Waals surface area (Å²) in [7, 11) is 2.20. The second-order valence-electron chi connectivity index (χ2n) is 9.04. The molecule has 0 aliphatic heterocycles. The van der Waals surface area contributed by atoms with Crippen molar-refractivity contribution in [1.82, 2.24) is 19.8 Å². The van der Waals surface area contributed by atoms with Crippen molar-refractivity contribution in [3.05, 3.63) is 96.0 Å². The van der Waals surface area contributed by atoms with E-state index in [4.69, 9.17) is 0 Å².